The molecule has 2 N–H and O–H groups in total. The Morgan fingerprint density at radius 1 is 1.47 bits per heavy atom. The fourth-order valence-corrected chi connectivity index (χ4v) is 1.77. The predicted octanol–water partition coefficient (Wildman–Crippen LogP) is 2.93. The third-order valence-electron chi connectivity index (χ3n) is 2.51. The van der Waals surface area contributed by atoms with Crippen LogP contribution in [0.4, 0.5) is 5.69 Å². The molecule has 0 saturated heterocycles. The summed E-state index contributed by atoms with van der Waals surface area (Å²) in [4.78, 5) is 11.7. The highest BCUT2D eigenvalue weighted by atomic mass is 35.5. The van der Waals surface area contributed by atoms with E-state index in [1.807, 2.05) is 6.07 Å². The van der Waals surface area contributed by atoms with E-state index in [1.165, 1.54) is 0 Å². The molecule has 19 heavy (non-hydrogen) atoms. The van der Waals surface area contributed by atoms with Crippen molar-refractivity contribution in [2.24, 2.45) is 0 Å². The van der Waals surface area contributed by atoms with Gasteiger partial charge in [-0.2, -0.15) is 5.26 Å². The largest absolute Gasteiger partial charge is 0.326 e. The van der Waals surface area contributed by atoms with Crippen molar-refractivity contribution in [2.45, 2.75) is 32.7 Å². The van der Waals surface area contributed by atoms with E-state index in [-0.39, 0.29) is 5.91 Å². The van der Waals surface area contributed by atoms with Crippen LogP contribution in [-0.2, 0) is 4.79 Å². The quantitative estimate of drug-likeness (QED) is 0.787. The van der Waals surface area contributed by atoms with Crippen molar-refractivity contribution in [2.75, 3.05) is 11.9 Å². The molecular formula is C14H18ClN3O. The van der Waals surface area contributed by atoms with Gasteiger partial charge in [0.05, 0.1) is 10.6 Å². The number of nitriles is 1. The van der Waals surface area contributed by atoms with Crippen LogP contribution in [0.3, 0.4) is 0 Å². The van der Waals surface area contributed by atoms with E-state index in [2.05, 4.69) is 24.5 Å². The Morgan fingerprint density at radius 3 is 2.79 bits per heavy atom. The van der Waals surface area contributed by atoms with Crippen LogP contribution in [0, 0.1) is 11.3 Å². The number of hydrogen-bond donors (Lipinski definition) is 2. The first-order chi connectivity index (χ1) is 9.02. The van der Waals surface area contributed by atoms with Gasteiger partial charge in [-0.1, -0.05) is 25.4 Å². The molecule has 0 spiro atoms. The second-order valence-corrected chi connectivity index (χ2v) is 4.97. The van der Waals surface area contributed by atoms with Crippen LogP contribution in [0.1, 0.15) is 32.3 Å². The van der Waals surface area contributed by atoms with Gasteiger partial charge in [-0.25, -0.2) is 0 Å². The minimum absolute atomic E-state index is 0.0497. The van der Waals surface area contributed by atoms with Gasteiger partial charge in [-0.05, 0) is 31.2 Å². The van der Waals surface area contributed by atoms with Gasteiger partial charge in [0, 0.05) is 18.2 Å². The SMILES string of the molecule is CC(C)NCCCC(=O)Nc1ccc(C#N)c(Cl)c1. The summed E-state index contributed by atoms with van der Waals surface area (Å²) in [6, 6.07) is 7.26. The van der Waals surface area contributed by atoms with E-state index < -0.39 is 0 Å². The third kappa shape index (κ3) is 5.73. The molecule has 5 heteroatoms. The first-order valence-corrected chi connectivity index (χ1v) is 6.63. The molecule has 1 rings (SSSR count). The average Bonchev–Trinajstić information content (AvgIpc) is 2.35. The lowest BCUT2D eigenvalue weighted by Gasteiger charge is -2.08. The summed E-state index contributed by atoms with van der Waals surface area (Å²) >= 11 is 5.89. The van der Waals surface area contributed by atoms with Gasteiger partial charge >= 0.3 is 0 Å². The number of nitrogens with zero attached hydrogens (tertiary/aromatic N) is 1. The normalized spacial score (nSPS) is 10.3. The number of rotatable bonds is 6. The maximum atomic E-state index is 11.7. The number of amides is 1. The zero-order valence-electron chi connectivity index (χ0n) is 11.2. The van der Waals surface area contributed by atoms with Gasteiger partial charge < -0.3 is 10.6 Å². The Bertz CT molecular complexity index is 480. The summed E-state index contributed by atoms with van der Waals surface area (Å²) in [7, 11) is 0. The van der Waals surface area contributed by atoms with Crippen LogP contribution in [0.2, 0.25) is 5.02 Å². The molecular weight excluding hydrogens is 262 g/mol. The number of nitrogens with one attached hydrogen (secondary N) is 2. The summed E-state index contributed by atoms with van der Waals surface area (Å²) in [6.07, 6.45) is 1.24. The highest BCUT2D eigenvalue weighted by Gasteiger charge is 2.05. The molecule has 0 aromatic heterocycles. The van der Waals surface area contributed by atoms with Crippen molar-refractivity contribution in [3.05, 3.63) is 28.8 Å². The highest BCUT2D eigenvalue weighted by molar-refractivity contribution is 6.32. The van der Waals surface area contributed by atoms with Crippen molar-refractivity contribution in [1.82, 2.24) is 5.32 Å². The second kappa shape index (κ2) is 7.78. The van der Waals surface area contributed by atoms with E-state index in [4.69, 9.17) is 16.9 Å². The topological polar surface area (TPSA) is 64.9 Å². The molecule has 0 saturated carbocycles. The molecule has 0 atom stereocenters. The first-order valence-electron chi connectivity index (χ1n) is 6.26. The van der Waals surface area contributed by atoms with Crippen LogP contribution < -0.4 is 10.6 Å². The third-order valence-corrected chi connectivity index (χ3v) is 2.82. The molecule has 0 aliphatic heterocycles. The zero-order chi connectivity index (χ0) is 14.3. The standard InChI is InChI=1S/C14H18ClN3O/c1-10(2)17-7-3-4-14(19)18-12-6-5-11(9-16)13(15)8-12/h5-6,8,10,17H,3-4,7H2,1-2H3,(H,18,19). The Balaban J connectivity index is 2.40. The van der Waals surface area contributed by atoms with Gasteiger partial charge in [-0.15, -0.1) is 0 Å². The molecule has 1 amide bonds. The number of carbonyl (C=O) groups is 1. The molecule has 0 unspecified atom stereocenters. The van der Waals surface area contributed by atoms with E-state index in [9.17, 15) is 4.79 Å². The van der Waals surface area contributed by atoms with Gasteiger partial charge in [0.1, 0.15) is 6.07 Å². The minimum Gasteiger partial charge on any atom is -0.326 e. The summed E-state index contributed by atoms with van der Waals surface area (Å²) in [5, 5.41) is 15.1. The number of benzene rings is 1. The van der Waals surface area contributed by atoms with E-state index in [1.54, 1.807) is 18.2 Å². The Labute approximate surface area is 118 Å². The lowest BCUT2D eigenvalue weighted by Crippen LogP contribution is -2.24. The van der Waals surface area contributed by atoms with Crippen molar-refractivity contribution >= 4 is 23.2 Å². The van der Waals surface area contributed by atoms with E-state index >= 15 is 0 Å². The molecule has 4 nitrogen and oxygen atoms in total. The molecule has 0 heterocycles. The van der Waals surface area contributed by atoms with Crippen molar-refractivity contribution in [1.29, 1.82) is 5.26 Å². The fourth-order valence-electron chi connectivity index (χ4n) is 1.55. The van der Waals surface area contributed by atoms with E-state index in [0.717, 1.165) is 13.0 Å². The first kappa shape index (κ1) is 15.5. The fraction of sp³-hybridized carbons (Fsp3) is 0.429. The second-order valence-electron chi connectivity index (χ2n) is 4.57. The summed E-state index contributed by atoms with van der Waals surface area (Å²) in [6.45, 7) is 4.96. The smallest absolute Gasteiger partial charge is 0.224 e. The Hall–Kier alpha value is -1.57. The van der Waals surface area contributed by atoms with Gasteiger partial charge in [0.25, 0.3) is 0 Å². The van der Waals surface area contributed by atoms with E-state index in [0.29, 0.717) is 28.7 Å². The highest BCUT2D eigenvalue weighted by Crippen LogP contribution is 2.20. The molecule has 0 aliphatic carbocycles. The van der Waals surface area contributed by atoms with Crippen molar-refractivity contribution in [3.63, 3.8) is 0 Å². The number of hydrogen-bond acceptors (Lipinski definition) is 3. The molecule has 0 radical (unpaired) electrons. The molecule has 0 aliphatic rings. The Kier molecular flexibility index (Phi) is 6.34. The zero-order valence-corrected chi connectivity index (χ0v) is 11.9. The lowest BCUT2D eigenvalue weighted by atomic mass is 10.2. The maximum absolute atomic E-state index is 11.7. The van der Waals surface area contributed by atoms with Crippen molar-refractivity contribution < 1.29 is 4.79 Å². The van der Waals surface area contributed by atoms with Gasteiger partial charge in [-0.3, -0.25) is 4.79 Å². The molecule has 0 bridgehead atoms. The molecule has 102 valence electrons. The number of carbonyl (C=O) groups excluding carboxylic acids is 1. The molecule has 1 aromatic rings. The van der Waals surface area contributed by atoms with Crippen LogP contribution in [0.5, 0.6) is 0 Å². The van der Waals surface area contributed by atoms with Crippen LogP contribution in [-0.4, -0.2) is 18.5 Å². The number of halogens is 1. The van der Waals surface area contributed by atoms with Gasteiger partial charge in [0.2, 0.25) is 5.91 Å². The summed E-state index contributed by atoms with van der Waals surface area (Å²) < 4.78 is 0. The monoisotopic (exact) mass is 279 g/mol. The lowest BCUT2D eigenvalue weighted by molar-refractivity contribution is -0.116. The Morgan fingerprint density at radius 2 is 2.21 bits per heavy atom. The maximum Gasteiger partial charge on any atom is 0.224 e. The molecule has 0 fully saturated rings. The number of anilines is 1. The predicted molar refractivity (Wildman–Crippen MR) is 77.2 cm³/mol. The van der Waals surface area contributed by atoms with Crippen molar-refractivity contribution in [3.8, 4) is 6.07 Å². The minimum atomic E-state index is -0.0497. The molecule has 1 aromatic carbocycles. The summed E-state index contributed by atoms with van der Waals surface area (Å²) in [5.41, 5.74) is 1.02. The van der Waals surface area contributed by atoms with Crippen LogP contribution in [0.25, 0.3) is 0 Å². The van der Waals surface area contributed by atoms with Crippen LogP contribution >= 0.6 is 11.6 Å². The van der Waals surface area contributed by atoms with Gasteiger partial charge in [0.15, 0.2) is 0 Å². The average molecular weight is 280 g/mol. The summed E-state index contributed by atoms with van der Waals surface area (Å²) in [5.74, 6) is -0.0497. The van der Waals surface area contributed by atoms with Crippen LogP contribution in [0.15, 0.2) is 18.2 Å².